The molecular weight excluding hydrogens is 269 g/mol. The lowest BCUT2D eigenvalue weighted by atomic mass is 10.1. The summed E-state index contributed by atoms with van der Waals surface area (Å²) in [5.41, 5.74) is 0.704. The molecule has 0 fully saturated rings. The fraction of sp³-hybridized carbons (Fsp3) is 0.385. The van der Waals surface area contributed by atoms with Crippen molar-refractivity contribution in [2.45, 2.75) is 26.3 Å². The highest BCUT2D eigenvalue weighted by atomic mass is 79.9. The van der Waals surface area contributed by atoms with Crippen molar-refractivity contribution >= 4 is 15.9 Å². The Morgan fingerprint density at radius 2 is 2.25 bits per heavy atom. The summed E-state index contributed by atoms with van der Waals surface area (Å²) >= 11 is 3.35. The zero-order valence-electron chi connectivity index (χ0n) is 9.63. The minimum absolute atomic E-state index is 0.0303. The van der Waals surface area contributed by atoms with Crippen molar-refractivity contribution in [2.24, 2.45) is 0 Å². The predicted molar refractivity (Wildman–Crippen MR) is 69.9 cm³/mol. The zero-order valence-corrected chi connectivity index (χ0v) is 11.2. The summed E-state index contributed by atoms with van der Waals surface area (Å²) in [4.78, 5) is 0. The van der Waals surface area contributed by atoms with Crippen molar-refractivity contribution in [2.75, 3.05) is 6.54 Å². The topological polar surface area (TPSA) is 12.0 Å². The summed E-state index contributed by atoms with van der Waals surface area (Å²) < 4.78 is 14.4. The van der Waals surface area contributed by atoms with E-state index in [1.807, 2.05) is 26.0 Å². The Morgan fingerprint density at radius 1 is 1.50 bits per heavy atom. The van der Waals surface area contributed by atoms with E-state index in [-0.39, 0.29) is 11.9 Å². The molecule has 0 radical (unpaired) electrons. The predicted octanol–water partition coefficient (Wildman–Crippen LogP) is 4.21. The van der Waals surface area contributed by atoms with E-state index in [4.69, 9.17) is 0 Å². The van der Waals surface area contributed by atoms with E-state index < -0.39 is 0 Å². The van der Waals surface area contributed by atoms with Crippen LogP contribution in [0, 0.1) is 5.82 Å². The quantitative estimate of drug-likeness (QED) is 0.631. The number of rotatable bonds is 5. The van der Waals surface area contributed by atoms with E-state index in [9.17, 15) is 4.39 Å². The van der Waals surface area contributed by atoms with Crippen molar-refractivity contribution in [1.29, 1.82) is 0 Å². The van der Waals surface area contributed by atoms with Gasteiger partial charge in [0.25, 0.3) is 0 Å². The maximum Gasteiger partial charge on any atom is 0.128 e. The number of halogens is 2. The van der Waals surface area contributed by atoms with E-state index in [1.165, 1.54) is 6.07 Å². The van der Waals surface area contributed by atoms with Crippen molar-refractivity contribution in [3.8, 4) is 0 Å². The Balaban J connectivity index is 2.58. The van der Waals surface area contributed by atoms with Gasteiger partial charge in [0.2, 0.25) is 0 Å². The number of benzene rings is 1. The standard InChI is InChI=1S/C13H17BrFN/c1-3-4-5-8-16-10(2)12-9-11(14)6-7-13(12)15/h3-4,6-7,9-10,16H,5,8H2,1-2H3/b4-3+. The van der Waals surface area contributed by atoms with Gasteiger partial charge >= 0.3 is 0 Å². The molecule has 0 aromatic heterocycles. The molecule has 0 spiro atoms. The van der Waals surface area contributed by atoms with Crippen molar-refractivity contribution in [3.05, 3.63) is 46.2 Å². The van der Waals surface area contributed by atoms with Gasteiger partial charge in [-0.05, 0) is 45.0 Å². The van der Waals surface area contributed by atoms with Crippen LogP contribution in [0.4, 0.5) is 4.39 Å². The van der Waals surface area contributed by atoms with Crippen LogP contribution < -0.4 is 5.32 Å². The van der Waals surface area contributed by atoms with Crippen LogP contribution in [0.2, 0.25) is 0 Å². The molecule has 1 aromatic rings. The summed E-state index contributed by atoms with van der Waals surface area (Å²) in [6.07, 6.45) is 5.08. The number of hydrogen-bond donors (Lipinski definition) is 1. The molecule has 88 valence electrons. The second-order valence-corrected chi connectivity index (χ2v) is 4.62. The first-order chi connectivity index (χ1) is 7.65. The molecule has 0 heterocycles. The van der Waals surface area contributed by atoms with E-state index in [0.717, 1.165) is 17.4 Å². The molecule has 0 amide bonds. The normalized spacial score (nSPS) is 13.2. The first kappa shape index (κ1) is 13.4. The lowest BCUT2D eigenvalue weighted by Crippen LogP contribution is -2.20. The summed E-state index contributed by atoms with van der Waals surface area (Å²) in [5, 5.41) is 3.29. The Hall–Kier alpha value is -0.670. The van der Waals surface area contributed by atoms with Gasteiger partial charge in [-0.2, -0.15) is 0 Å². The van der Waals surface area contributed by atoms with Crippen LogP contribution in [0.25, 0.3) is 0 Å². The summed E-state index contributed by atoms with van der Waals surface area (Å²) in [7, 11) is 0. The minimum Gasteiger partial charge on any atom is -0.310 e. The maximum atomic E-state index is 13.5. The minimum atomic E-state index is -0.158. The van der Waals surface area contributed by atoms with Gasteiger partial charge in [-0.3, -0.25) is 0 Å². The third-order valence-electron chi connectivity index (χ3n) is 2.42. The van der Waals surface area contributed by atoms with E-state index in [1.54, 1.807) is 6.07 Å². The first-order valence-electron chi connectivity index (χ1n) is 5.44. The van der Waals surface area contributed by atoms with Crippen molar-refractivity contribution in [1.82, 2.24) is 5.32 Å². The Morgan fingerprint density at radius 3 is 2.94 bits per heavy atom. The van der Waals surface area contributed by atoms with Gasteiger partial charge in [-0.25, -0.2) is 4.39 Å². The molecule has 0 aliphatic carbocycles. The molecule has 0 saturated carbocycles. The summed E-state index contributed by atoms with van der Waals surface area (Å²) in [6, 6.07) is 5.06. The summed E-state index contributed by atoms with van der Waals surface area (Å²) in [5.74, 6) is -0.158. The van der Waals surface area contributed by atoms with Crippen LogP contribution in [-0.4, -0.2) is 6.54 Å². The highest BCUT2D eigenvalue weighted by Gasteiger charge is 2.09. The average molecular weight is 286 g/mol. The van der Waals surface area contributed by atoms with E-state index in [2.05, 4.69) is 27.3 Å². The summed E-state index contributed by atoms with van der Waals surface area (Å²) in [6.45, 7) is 4.83. The van der Waals surface area contributed by atoms with Crippen LogP contribution in [0.5, 0.6) is 0 Å². The lowest BCUT2D eigenvalue weighted by molar-refractivity contribution is 0.532. The number of hydrogen-bond acceptors (Lipinski definition) is 1. The fourth-order valence-electron chi connectivity index (χ4n) is 1.51. The van der Waals surface area contributed by atoms with Gasteiger partial charge in [-0.15, -0.1) is 0 Å². The maximum absolute atomic E-state index is 13.5. The molecular formula is C13H17BrFN. The van der Waals surface area contributed by atoms with E-state index >= 15 is 0 Å². The second-order valence-electron chi connectivity index (χ2n) is 3.70. The monoisotopic (exact) mass is 285 g/mol. The molecule has 1 atom stereocenters. The molecule has 0 aliphatic rings. The Bertz CT molecular complexity index is 363. The van der Waals surface area contributed by atoms with Crippen LogP contribution >= 0.6 is 15.9 Å². The molecule has 3 heteroatoms. The van der Waals surface area contributed by atoms with Crippen molar-refractivity contribution < 1.29 is 4.39 Å². The third kappa shape index (κ3) is 4.06. The van der Waals surface area contributed by atoms with Crippen LogP contribution in [0.15, 0.2) is 34.8 Å². The third-order valence-corrected chi connectivity index (χ3v) is 2.92. The molecule has 16 heavy (non-hydrogen) atoms. The molecule has 0 bridgehead atoms. The molecule has 1 aromatic carbocycles. The second kappa shape index (κ2) is 6.81. The molecule has 1 nitrogen and oxygen atoms in total. The zero-order chi connectivity index (χ0) is 12.0. The molecule has 1 N–H and O–H groups in total. The largest absolute Gasteiger partial charge is 0.310 e. The highest BCUT2D eigenvalue weighted by molar-refractivity contribution is 9.10. The molecule has 1 rings (SSSR count). The van der Waals surface area contributed by atoms with E-state index in [0.29, 0.717) is 5.56 Å². The average Bonchev–Trinajstić information content (AvgIpc) is 2.27. The lowest BCUT2D eigenvalue weighted by Gasteiger charge is -2.14. The van der Waals surface area contributed by atoms with Gasteiger partial charge in [0.1, 0.15) is 5.82 Å². The first-order valence-corrected chi connectivity index (χ1v) is 6.24. The number of nitrogens with one attached hydrogen (secondary N) is 1. The molecule has 0 aliphatic heterocycles. The number of allylic oxidation sites excluding steroid dienone is 1. The van der Waals surface area contributed by atoms with Gasteiger partial charge in [0, 0.05) is 16.1 Å². The Labute approximate surface area is 105 Å². The van der Waals surface area contributed by atoms with Gasteiger partial charge in [-0.1, -0.05) is 28.1 Å². The Kier molecular flexibility index (Phi) is 5.71. The molecule has 0 saturated heterocycles. The van der Waals surface area contributed by atoms with Crippen LogP contribution in [-0.2, 0) is 0 Å². The smallest absolute Gasteiger partial charge is 0.128 e. The van der Waals surface area contributed by atoms with Gasteiger partial charge in [0.15, 0.2) is 0 Å². The van der Waals surface area contributed by atoms with Crippen molar-refractivity contribution in [3.63, 3.8) is 0 Å². The van der Waals surface area contributed by atoms with Gasteiger partial charge in [0.05, 0.1) is 0 Å². The van der Waals surface area contributed by atoms with Crippen LogP contribution in [0.1, 0.15) is 31.9 Å². The van der Waals surface area contributed by atoms with Gasteiger partial charge < -0.3 is 5.32 Å². The SMILES string of the molecule is C/C=C/CCNC(C)c1cc(Br)ccc1F. The highest BCUT2D eigenvalue weighted by Crippen LogP contribution is 2.21. The van der Waals surface area contributed by atoms with Crippen LogP contribution in [0.3, 0.4) is 0 Å². The fourth-order valence-corrected chi connectivity index (χ4v) is 1.89. The molecule has 1 unspecified atom stereocenters.